The van der Waals surface area contributed by atoms with Gasteiger partial charge in [-0.3, -0.25) is 4.90 Å². The Labute approximate surface area is 127 Å². The van der Waals surface area contributed by atoms with Crippen LogP contribution >= 0.6 is 0 Å². The van der Waals surface area contributed by atoms with Gasteiger partial charge >= 0.3 is 0 Å². The monoisotopic (exact) mass is 312 g/mol. The van der Waals surface area contributed by atoms with Gasteiger partial charge in [0.1, 0.15) is 12.4 Å². The number of para-hydroxylation sites is 1. The van der Waals surface area contributed by atoms with Crippen molar-refractivity contribution in [3.8, 4) is 5.75 Å². The van der Waals surface area contributed by atoms with E-state index in [-0.39, 0.29) is 5.75 Å². The summed E-state index contributed by atoms with van der Waals surface area (Å²) in [7, 11) is -3.04. The van der Waals surface area contributed by atoms with E-state index in [2.05, 4.69) is 4.90 Å². The third-order valence-corrected chi connectivity index (χ3v) is 5.73. The van der Waals surface area contributed by atoms with Crippen LogP contribution in [0.15, 0.2) is 24.3 Å². The summed E-state index contributed by atoms with van der Waals surface area (Å²) in [6.45, 7) is 7.90. The predicted molar refractivity (Wildman–Crippen MR) is 84.1 cm³/mol. The Balaban J connectivity index is 1.74. The number of piperazine rings is 1. The predicted octanol–water partition coefficient (Wildman–Crippen LogP) is 1.34. The summed E-state index contributed by atoms with van der Waals surface area (Å²) in [6, 6.07) is 7.97. The lowest BCUT2D eigenvalue weighted by Gasteiger charge is -2.33. The number of aryl methyl sites for hydroxylation is 1. The molecule has 1 aliphatic rings. The second-order valence-electron chi connectivity index (χ2n) is 5.26. The van der Waals surface area contributed by atoms with Crippen molar-refractivity contribution in [1.29, 1.82) is 0 Å². The molecule has 0 aliphatic carbocycles. The number of rotatable bonds is 6. The molecule has 0 radical (unpaired) electrons. The maximum atomic E-state index is 11.8. The van der Waals surface area contributed by atoms with Crippen LogP contribution in [0.25, 0.3) is 0 Å². The van der Waals surface area contributed by atoms with E-state index in [0.717, 1.165) is 30.9 Å². The van der Waals surface area contributed by atoms with E-state index in [4.69, 9.17) is 4.74 Å². The lowest BCUT2D eigenvalue weighted by atomic mass is 10.2. The highest BCUT2D eigenvalue weighted by molar-refractivity contribution is 7.89. The number of hydrogen-bond donors (Lipinski definition) is 0. The molecule has 0 unspecified atom stereocenters. The first kappa shape index (κ1) is 16.3. The zero-order valence-corrected chi connectivity index (χ0v) is 13.6. The average molecular weight is 312 g/mol. The summed E-state index contributed by atoms with van der Waals surface area (Å²) in [5.74, 6) is 1.10. The Morgan fingerprint density at radius 1 is 1.14 bits per heavy atom. The summed E-state index contributed by atoms with van der Waals surface area (Å²) >= 11 is 0. The average Bonchev–Trinajstić information content (AvgIpc) is 2.50. The maximum absolute atomic E-state index is 11.8. The molecule has 0 aromatic heterocycles. The summed E-state index contributed by atoms with van der Waals surface area (Å²) in [4.78, 5) is 2.25. The van der Waals surface area contributed by atoms with Gasteiger partial charge in [0.2, 0.25) is 10.0 Å². The molecule has 0 amide bonds. The standard InChI is InChI=1S/C15H24N2O3S/c1-3-21(18,19)17-10-8-16(9-11-17)12-13-20-15-7-5-4-6-14(15)2/h4-7H,3,8-13H2,1-2H3. The molecule has 0 saturated carbocycles. The van der Waals surface area contributed by atoms with Crippen molar-refractivity contribution in [1.82, 2.24) is 9.21 Å². The molecule has 1 aromatic carbocycles. The van der Waals surface area contributed by atoms with Crippen molar-refractivity contribution in [2.24, 2.45) is 0 Å². The van der Waals surface area contributed by atoms with E-state index in [0.29, 0.717) is 19.7 Å². The number of hydrogen-bond acceptors (Lipinski definition) is 4. The largest absolute Gasteiger partial charge is 0.492 e. The number of sulfonamides is 1. The number of benzene rings is 1. The second kappa shape index (κ2) is 7.24. The van der Waals surface area contributed by atoms with E-state index >= 15 is 0 Å². The molecule has 1 heterocycles. The molecular formula is C15H24N2O3S. The van der Waals surface area contributed by atoms with E-state index in [1.807, 2.05) is 31.2 Å². The van der Waals surface area contributed by atoms with Gasteiger partial charge < -0.3 is 4.74 Å². The molecular weight excluding hydrogens is 288 g/mol. The molecule has 5 nitrogen and oxygen atoms in total. The van der Waals surface area contributed by atoms with Gasteiger partial charge in [0.15, 0.2) is 0 Å². The summed E-state index contributed by atoms with van der Waals surface area (Å²) in [5.41, 5.74) is 1.14. The molecule has 0 N–H and O–H groups in total. The van der Waals surface area contributed by atoms with E-state index < -0.39 is 10.0 Å². The second-order valence-corrected chi connectivity index (χ2v) is 7.51. The maximum Gasteiger partial charge on any atom is 0.213 e. The molecule has 0 bridgehead atoms. The van der Waals surface area contributed by atoms with Crippen LogP contribution in [-0.2, 0) is 10.0 Å². The minimum atomic E-state index is -3.04. The van der Waals surface area contributed by atoms with Crippen molar-refractivity contribution < 1.29 is 13.2 Å². The van der Waals surface area contributed by atoms with Gasteiger partial charge in [-0.15, -0.1) is 0 Å². The Morgan fingerprint density at radius 2 is 1.81 bits per heavy atom. The van der Waals surface area contributed by atoms with Crippen molar-refractivity contribution in [2.45, 2.75) is 13.8 Å². The van der Waals surface area contributed by atoms with Crippen LogP contribution in [0.3, 0.4) is 0 Å². The normalized spacial score (nSPS) is 17.8. The first-order chi connectivity index (χ1) is 10.0. The fourth-order valence-corrected chi connectivity index (χ4v) is 3.50. The van der Waals surface area contributed by atoms with E-state index in [1.165, 1.54) is 0 Å². The van der Waals surface area contributed by atoms with Crippen LogP contribution < -0.4 is 4.74 Å². The third-order valence-electron chi connectivity index (χ3n) is 3.85. The van der Waals surface area contributed by atoms with E-state index in [9.17, 15) is 8.42 Å². The molecule has 1 aromatic rings. The van der Waals surface area contributed by atoms with Gasteiger partial charge in [0.25, 0.3) is 0 Å². The summed E-state index contributed by atoms with van der Waals surface area (Å²) in [6.07, 6.45) is 0. The molecule has 1 saturated heterocycles. The zero-order valence-electron chi connectivity index (χ0n) is 12.8. The molecule has 21 heavy (non-hydrogen) atoms. The van der Waals surface area contributed by atoms with Crippen LogP contribution in [0.5, 0.6) is 5.75 Å². The number of nitrogens with zero attached hydrogens (tertiary/aromatic N) is 2. The third kappa shape index (κ3) is 4.43. The minimum Gasteiger partial charge on any atom is -0.492 e. The lowest BCUT2D eigenvalue weighted by Crippen LogP contribution is -2.49. The van der Waals surface area contributed by atoms with Crippen molar-refractivity contribution in [3.05, 3.63) is 29.8 Å². The highest BCUT2D eigenvalue weighted by Crippen LogP contribution is 2.16. The first-order valence-corrected chi connectivity index (χ1v) is 9.02. The Kier molecular flexibility index (Phi) is 5.61. The van der Waals surface area contributed by atoms with Gasteiger partial charge in [0, 0.05) is 32.7 Å². The lowest BCUT2D eigenvalue weighted by molar-refractivity contribution is 0.158. The molecule has 0 spiro atoms. The van der Waals surface area contributed by atoms with Gasteiger partial charge in [-0.25, -0.2) is 8.42 Å². The van der Waals surface area contributed by atoms with Crippen LogP contribution in [0.2, 0.25) is 0 Å². The summed E-state index contributed by atoms with van der Waals surface area (Å²) in [5, 5.41) is 0. The molecule has 118 valence electrons. The van der Waals surface area contributed by atoms with Crippen molar-refractivity contribution in [3.63, 3.8) is 0 Å². The Hall–Kier alpha value is -1.11. The fraction of sp³-hybridized carbons (Fsp3) is 0.600. The van der Waals surface area contributed by atoms with Crippen molar-refractivity contribution in [2.75, 3.05) is 45.1 Å². The highest BCUT2D eigenvalue weighted by atomic mass is 32.2. The van der Waals surface area contributed by atoms with Gasteiger partial charge in [0.05, 0.1) is 5.75 Å². The smallest absolute Gasteiger partial charge is 0.213 e. The zero-order chi connectivity index (χ0) is 15.3. The first-order valence-electron chi connectivity index (χ1n) is 7.41. The van der Waals surface area contributed by atoms with Crippen LogP contribution in [-0.4, -0.2) is 62.7 Å². The Morgan fingerprint density at radius 3 is 2.43 bits per heavy atom. The molecule has 6 heteroatoms. The molecule has 1 fully saturated rings. The van der Waals surface area contributed by atoms with Gasteiger partial charge in [-0.2, -0.15) is 4.31 Å². The van der Waals surface area contributed by atoms with Gasteiger partial charge in [-0.1, -0.05) is 18.2 Å². The van der Waals surface area contributed by atoms with Crippen molar-refractivity contribution >= 4 is 10.0 Å². The van der Waals surface area contributed by atoms with Crippen LogP contribution in [0.1, 0.15) is 12.5 Å². The fourth-order valence-electron chi connectivity index (χ4n) is 2.42. The quantitative estimate of drug-likeness (QED) is 0.795. The SMILES string of the molecule is CCS(=O)(=O)N1CCN(CCOc2ccccc2C)CC1. The van der Waals surface area contributed by atoms with E-state index in [1.54, 1.807) is 11.2 Å². The van der Waals surface area contributed by atoms with Crippen LogP contribution in [0, 0.1) is 6.92 Å². The number of ether oxygens (including phenoxy) is 1. The topological polar surface area (TPSA) is 49.9 Å². The van der Waals surface area contributed by atoms with Crippen LogP contribution in [0.4, 0.5) is 0 Å². The minimum absolute atomic E-state index is 0.184. The highest BCUT2D eigenvalue weighted by Gasteiger charge is 2.25. The Bertz CT molecular complexity index is 552. The molecule has 1 aliphatic heterocycles. The summed E-state index contributed by atoms with van der Waals surface area (Å²) < 4.78 is 30.9. The molecule has 2 rings (SSSR count). The molecule has 0 atom stereocenters. The van der Waals surface area contributed by atoms with Gasteiger partial charge in [-0.05, 0) is 25.5 Å².